The summed E-state index contributed by atoms with van der Waals surface area (Å²) in [7, 11) is 0. The van der Waals surface area contributed by atoms with Gasteiger partial charge in [-0.05, 0) is 34.1 Å². The number of nitrogens with one attached hydrogen (secondary N) is 2. The van der Waals surface area contributed by atoms with Crippen LogP contribution in [0.2, 0.25) is 0 Å². The molecule has 0 radical (unpaired) electrons. The summed E-state index contributed by atoms with van der Waals surface area (Å²) in [6.45, 7) is 12.4. The number of hydrogen-bond donors (Lipinski definition) is 2. The first-order valence-electron chi connectivity index (χ1n) is 7.51. The van der Waals surface area contributed by atoms with Gasteiger partial charge in [0.2, 0.25) is 0 Å². The zero-order chi connectivity index (χ0) is 15.9. The first-order valence-corrected chi connectivity index (χ1v) is 7.51. The van der Waals surface area contributed by atoms with E-state index in [0.29, 0.717) is 26.2 Å². The molecule has 0 aromatic carbocycles. The number of aromatic nitrogens is 2. The van der Waals surface area contributed by atoms with E-state index in [1.807, 2.05) is 27.7 Å². The normalized spacial score (nSPS) is 11.5. The van der Waals surface area contributed by atoms with Crippen LogP contribution in [-0.2, 0) is 11.3 Å². The van der Waals surface area contributed by atoms with Crippen LogP contribution in [0, 0.1) is 6.92 Å². The zero-order valence-electron chi connectivity index (χ0n) is 13.8. The van der Waals surface area contributed by atoms with Crippen molar-refractivity contribution in [3.63, 3.8) is 0 Å². The largest absolute Gasteiger partial charge is 0.444 e. The Morgan fingerprint density at radius 2 is 2.14 bits per heavy atom. The highest BCUT2D eigenvalue weighted by Gasteiger charge is 2.21. The molecule has 1 rings (SSSR count). The molecule has 1 heterocycles. The molecule has 6 nitrogen and oxygen atoms in total. The van der Waals surface area contributed by atoms with E-state index in [0.717, 1.165) is 17.8 Å². The van der Waals surface area contributed by atoms with Crippen molar-refractivity contribution in [2.24, 2.45) is 0 Å². The molecule has 120 valence electrons. The van der Waals surface area contributed by atoms with Crippen LogP contribution in [-0.4, -0.2) is 46.2 Å². The second-order valence-corrected chi connectivity index (χ2v) is 6.12. The fraction of sp³-hybridized carbons (Fsp3) is 0.733. The molecular weight excluding hydrogens is 268 g/mol. The summed E-state index contributed by atoms with van der Waals surface area (Å²) in [5.74, 6) is 0. The maximum absolute atomic E-state index is 12.1. The molecule has 0 atom stereocenters. The third-order valence-corrected chi connectivity index (χ3v) is 2.93. The maximum atomic E-state index is 12.1. The molecule has 0 saturated carbocycles. The molecule has 2 N–H and O–H groups in total. The summed E-state index contributed by atoms with van der Waals surface area (Å²) in [6, 6.07) is 0. The minimum Gasteiger partial charge on any atom is -0.444 e. The molecule has 0 aliphatic carbocycles. The molecule has 0 unspecified atom stereocenters. The molecule has 0 spiro atoms. The number of aryl methyl sites for hydroxylation is 1. The van der Waals surface area contributed by atoms with Gasteiger partial charge in [0.05, 0.1) is 12.0 Å². The molecule has 0 saturated heterocycles. The first-order chi connectivity index (χ1) is 9.83. The fourth-order valence-electron chi connectivity index (χ4n) is 1.88. The number of amides is 1. The second kappa shape index (κ2) is 8.02. The number of nitrogens with zero attached hydrogens (tertiary/aromatic N) is 2. The summed E-state index contributed by atoms with van der Waals surface area (Å²) in [6.07, 6.45) is 2.36. The number of ether oxygens (including phenoxy) is 1. The van der Waals surface area contributed by atoms with Crippen molar-refractivity contribution in [3.8, 4) is 0 Å². The van der Waals surface area contributed by atoms with Gasteiger partial charge in [0.1, 0.15) is 5.60 Å². The third kappa shape index (κ3) is 6.62. The highest BCUT2D eigenvalue weighted by molar-refractivity contribution is 5.68. The highest BCUT2D eigenvalue weighted by atomic mass is 16.6. The van der Waals surface area contributed by atoms with Gasteiger partial charge in [-0.15, -0.1) is 0 Å². The fourth-order valence-corrected chi connectivity index (χ4v) is 1.88. The lowest BCUT2D eigenvalue weighted by Gasteiger charge is -2.27. The molecule has 6 heteroatoms. The lowest BCUT2D eigenvalue weighted by atomic mass is 10.2. The van der Waals surface area contributed by atoms with Gasteiger partial charge in [0, 0.05) is 31.9 Å². The number of hydrogen-bond acceptors (Lipinski definition) is 4. The Kier molecular flexibility index (Phi) is 6.68. The van der Waals surface area contributed by atoms with Gasteiger partial charge in [-0.25, -0.2) is 9.78 Å². The standard InChI is InChI=1S/C15H28N4O2/c1-6-8-19(14(20)21-15(3,4)5)9-7-16-10-13-12(2)17-11-18-13/h11,16H,6-10H2,1-5H3,(H,17,18). The molecule has 0 fully saturated rings. The molecule has 1 aromatic heterocycles. The minimum absolute atomic E-state index is 0.248. The number of aromatic amines is 1. The Balaban J connectivity index is 2.37. The summed E-state index contributed by atoms with van der Waals surface area (Å²) in [4.78, 5) is 21.1. The second-order valence-electron chi connectivity index (χ2n) is 6.12. The summed E-state index contributed by atoms with van der Waals surface area (Å²) in [5.41, 5.74) is 1.62. The van der Waals surface area contributed by atoms with Gasteiger partial charge in [-0.1, -0.05) is 6.92 Å². The number of H-pyrrole nitrogens is 1. The van der Waals surface area contributed by atoms with E-state index in [1.165, 1.54) is 0 Å². The van der Waals surface area contributed by atoms with E-state index in [9.17, 15) is 4.79 Å². The number of carbonyl (C=O) groups is 1. The summed E-state index contributed by atoms with van der Waals surface area (Å²) < 4.78 is 5.42. The van der Waals surface area contributed by atoms with Crippen LogP contribution in [0.3, 0.4) is 0 Å². The van der Waals surface area contributed by atoms with Gasteiger partial charge in [-0.3, -0.25) is 0 Å². The van der Waals surface area contributed by atoms with Crippen molar-refractivity contribution in [2.45, 2.75) is 53.2 Å². The van der Waals surface area contributed by atoms with Crippen LogP contribution in [0.15, 0.2) is 6.33 Å². The van der Waals surface area contributed by atoms with Gasteiger partial charge >= 0.3 is 6.09 Å². The van der Waals surface area contributed by atoms with Crippen molar-refractivity contribution in [1.29, 1.82) is 0 Å². The Hall–Kier alpha value is -1.56. The molecule has 21 heavy (non-hydrogen) atoms. The van der Waals surface area contributed by atoms with E-state index < -0.39 is 5.60 Å². The van der Waals surface area contributed by atoms with E-state index in [1.54, 1.807) is 11.2 Å². The average Bonchev–Trinajstić information content (AvgIpc) is 2.76. The predicted molar refractivity (Wildman–Crippen MR) is 83.1 cm³/mol. The zero-order valence-corrected chi connectivity index (χ0v) is 13.8. The monoisotopic (exact) mass is 296 g/mol. The van der Waals surface area contributed by atoms with Crippen molar-refractivity contribution in [1.82, 2.24) is 20.2 Å². The topological polar surface area (TPSA) is 70.2 Å². The van der Waals surface area contributed by atoms with Crippen molar-refractivity contribution in [3.05, 3.63) is 17.7 Å². The Morgan fingerprint density at radius 3 is 2.67 bits per heavy atom. The molecule has 0 aliphatic rings. The third-order valence-electron chi connectivity index (χ3n) is 2.93. The van der Waals surface area contributed by atoms with Crippen LogP contribution in [0.4, 0.5) is 4.79 Å². The minimum atomic E-state index is -0.456. The number of carbonyl (C=O) groups excluding carboxylic acids is 1. The summed E-state index contributed by atoms with van der Waals surface area (Å²) in [5, 5.41) is 3.30. The number of imidazole rings is 1. The lowest BCUT2D eigenvalue weighted by molar-refractivity contribution is 0.0252. The Labute approximate surface area is 127 Å². The van der Waals surface area contributed by atoms with E-state index in [4.69, 9.17) is 4.74 Å². The van der Waals surface area contributed by atoms with Gasteiger partial charge in [-0.2, -0.15) is 0 Å². The lowest BCUT2D eigenvalue weighted by Crippen LogP contribution is -2.40. The van der Waals surface area contributed by atoms with E-state index in [2.05, 4.69) is 22.2 Å². The van der Waals surface area contributed by atoms with Gasteiger partial charge < -0.3 is 19.9 Å². The van der Waals surface area contributed by atoms with Crippen LogP contribution in [0.25, 0.3) is 0 Å². The van der Waals surface area contributed by atoms with E-state index >= 15 is 0 Å². The van der Waals surface area contributed by atoms with Crippen LogP contribution >= 0.6 is 0 Å². The number of rotatable bonds is 7. The maximum Gasteiger partial charge on any atom is 0.410 e. The average molecular weight is 296 g/mol. The van der Waals surface area contributed by atoms with Crippen LogP contribution in [0.5, 0.6) is 0 Å². The molecule has 1 aromatic rings. The summed E-state index contributed by atoms with van der Waals surface area (Å²) >= 11 is 0. The van der Waals surface area contributed by atoms with E-state index in [-0.39, 0.29) is 6.09 Å². The van der Waals surface area contributed by atoms with Gasteiger partial charge in [0.15, 0.2) is 0 Å². The van der Waals surface area contributed by atoms with Crippen molar-refractivity contribution < 1.29 is 9.53 Å². The predicted octanol–water partition coefficient (Wildman–Crippen LogP) is 2.45. The smallest absolute Gasteiger partial charge is 0.410 e. The van der Waals surface area contributed by atoms with Gasteiger partial charge in [0.25, 0.3) is 0 Å². The molecule has 0 aliphatic heterocycles. The van der Waals surface area contributed by atoms with Crippen molar-refractivity contribution in [2.75, 3.05) is 19.6 Å². The Bertz CT molecular complexity index is 437. The quantitative estimate of drug-likeness (QED) is 0.758. The SMILES string of the molecule is CCCN(CCNCc1nc[nH]c1C)C(=O)OC(C)(C)C. The van der Waals surface area contributed by atoms with Crippen LogP contribution < -0.4 is 5.32 Å². The van der Waals surface area contributed by atoms with Crippen molar-refractivity contribution >= 4 is 6.09 Å². The molecule has 1 amide bonds. The highest BCUT2D eigenvalue weighted by Crippen LogP contribution is 2.10. The Morgan fingerprint density at radius 1 is 1.43 bits per heavy atom. The first kappa shape index (κ1) is 17.5. The molecular formula is C15H28N4O2. The molecule has 0 bridgehead atoms. The van der Waals surface area contributed by atoms with Crippen LogP contribution in [0.1, 0.15) is 45.5 Å².